The number of ether oxygens (including phenoxy) is 1. The van der Waals surface area contributed by atoms with E-state index in [0.717, 1.165) is 23.9 Å². The first-order valence-electron chi connectivity index (χ1n) is 7.05. The highest BCUT2D eigenvalue weighted by atomic mass is 79.9. The van der Waals surface area contributed by atoms with Crippen molar-refractivity contribution in [3.63, 3.8) is 0 Å². The van der Waals surface area contributed by atoms with Crippen molar-refractivity contribution in [2.75, 3.05) is 18.0 Å². The number of carbonyl (C=O) groups is 1. The number of halogens is 1. The molecule has 116 valence electrons. The van der Waals surface area contributed by atoms with E-state index in [1.807, 2.05) is 20.8 Å². The molecule has 1 fully saturated rings. The Morgan fingerprint density at radius 1 is 1.43 bits per heavy atom. The molecule has 21 heavy (non-hydrogen) atoms. The molecule has 0 spiro atoms. The smallest absolute Gasteiger partial charge is 0.407 e. The molecule has 6 nitrogen and oxygen atoms in total. The van der Waals surface area contributed by atoms with Crippen LogP contribution in [-0.2, 0) is 4.74 Å². The van der Waals surface area contributed by atoms with Gasteiger partial charge in [0.15, 0.2) is 0 Å². The zero-order valence-electron chi connectivity index (χ0n) is 12.6. The largest absolute Gasteiger partial charge is 0.444 e. The lowest BCUT2D eigenvalue weighted by Crippen LogP contribution is -2.49. The molecular formula is C14H21BrN4O2. The van der Waals surface area contributed by atoms with Gasteiger partial charge in [-0.1, -0.05) is 0 Å². The number of hydrogen-bond donors (Lipinski definition) is 1. The van der Waals surface area contributed by atoms with Gasteiger partial charge in [-0.05, 0) is 49.5 Å². The molecule has 1 saturated heterocycles. The minimum absolute atomic E-state index is 0.0563. The number of aromatic nitrogens is 2. The van der Waals surface area contributed by atoms with Crippen LogP contribution in [0.4, 0.5) is 10.7 Å². The van der Waals surface area contributed by atoms with Crippen LogP contribution in [-0.4, -0.2) is 40.8 Å². The number of nitrogens with zero attached hydrogens (tertiary/aromatic N) is 3. The lowest BCUT2D eigenvalue weighted by Gasteiger charge is -2.33. The van der Waals surface area contributed by atoms with Crippen LogP contribution in [0.25, 0.3) is 0 Å². The molecule has 0 bridgehead atoms. The second kappa shape index (κ2) is 6.60. The number of alkyl carbamates (subject to hydrolysis) is 1. The molecule has 0 radical (unpaired) electrons. The third kappa shape index (κ3) is 5.15. The number of amides is 1. The van der Waals surface area contributed by atoms with E-state index in [9.17, 15) is 4.79 Å². The minimum Gasteiger partial charge on any atom is -0.444 e. The number of carbonyl (C=O) groups excluding carboxylic acids is 1. The molecule has 1 aliphatic heterocycles. The molecule has 1 aromatic heterocycles. The van der Waals surface area contributed by atoms with Crippen LogP contribution in [0.15, 0.2) is 16.9 Å². The third-order valence-corrected chi connectivity index (χ3v) is 3.44. The van der Waals surface area contributed by atoms with Crippen molar-refractivity contribution in [2.45, 2.75) is 45.3 Å². The fraction of sp³-hybridized carbons (Fsp3) is 0.643. The average molecular weight is 357 g/mol. The van der Waals surface area contributed by atoms with Gasteiger partial charge in [0, 0.05) is 31.5 Å². The van der Waals surface area contributed by atoms with E-state index in [0.29, 0.717) is 12.5 Å². The maximum atomic E-state index is 11.8. The van der Waals surface area contributed by atoms with Crippen molar-refractivity contribution >= 4 is 28.0 Å². The van der Waals surface area contributed by atoms with Gasteiger partial charge >= 0.3 is 6.09 Å². The molecule has 2 rings (SSSR count). The number of rotatable bonds is 2. The average Bonchev–Trinajstić information content (AvgIpc) is 2.37. The highest BCUT2D eigenvalue weighted by Gasteiger charge is 2.25. The maximum Gasteiger partial charge on any atom is 0.407 e. The predicted molar refractivity (Wildman–Crippen MR) is 84.3 cm³/mol. The summed E-state index contributed by atoms with van der Waals surface area (Å²) in [7, 11) is 0. The summed E-state index contributed by atoms with van der Waals surface area (Å²) in [5.74, 6) is 0.689. The topological polar surface area (TPSA) is 67.3 Å². The lowest BCUT2D eigenvalue weighted by atomic mass is 10.1. The Morgan fingerprint density at radius 3 is 2.71 bits per heavy atom. The van der Waals surface area contributed by atoms with E-state index in [4.69, 9.17) is 4.74 Å². The first kappa shape index (κ1) is 16.0. The molecule has 1 amide bonds. The molecule has 1 unspecified atom stereocenters. The van der Waals surface area contributed by atoms with Crippen molar-refractivity contribution in [3.8, 4) is 0 Å². The highest BCUT2D eigenvalue weighted by Crippen LogP contribution is 2.17. The van der Waals surface area contributed by atoms with Crippen molar-refractivity contribution in [2.24, 2.45) is 0 Å². The molecule has 0 aliphatic carbocycles. The maximum absolute atomic E-state index is 11.8. The monoisotopic (exact) mass is 356 g/mol. The Bertz CT molecular complexity index is 487. The molecule has 7 heteroatoms. The van der Waals surface area contributed by atoms with Crippen LogP contribution < -0.4 is 10.2 Å². The van der Waals surface area contributed by atoms with Crippen LogP contribution >= 0.6 is 15.9 Å². The summed E-state index contributed by atoms with van der Waals surface area (Å²) in [4.78, 5) is 22.5. The summed E-state index contributed by atoms with van der Waals surface area (Å²) < 4.78 is 6.14. The second-order valence-corrected chi connectivity index (χ2v) is 7.05. The molecule has 0 saturated carbocycles. The van der Waals surface area contributed by atoms with Crippen LogP contribution in [0.1, 0.15) is 33.6 Å². The van der Waals surface area contributed by atoms with Crippen molar-refractivity contribution in [1.82, 2.24) is 15.3 Å². The minimum atomic E-state index is -0.479. The van der Waals surface area contributed by atoms with Gasteiger partial charge in [-0.15, -0.1) is 0 Å². The normalized spacial score (nSPS) is 19.2. The van der Waals surface area contributed by atoms with Crippen molar-refractivity contribution in [1.29, 1.82) is 0 Å². The first-order valence-corrected chi connectivity index (χ1v) is 7.85. The molecule has 0 aromatic carbocycles. The van der Waals surface area contributed by atoms with E-state index in [1.54, 1.807) is 12.4 Å². The zero-order chi connectivity index (χ0) is 15.5. The van der Waals surface area contributed by atoms with Crippen LogP contribution in [0.5, 0.6) is 0 Å². The summed E-state index contributed by atoms with van der Waals surface area (Å²) in [5.41, 5.74) is -0.479. The summed E-state index contributed by atoms with van der Waals surface area (Å²) in [5, 5.41) is 2.92. The molecule has 1 N–H and O–H groups in total. The zero-order valence-corrected chi connectivity index (χ0v) is 14.2. The van der Waals surface area contributed by atoms with E-state index in [1.165, 1.54) is 0 Å². The second-order valence-electron chi connectivity index (χ2n) is 6.13. The van der Waals surface area contributed by atoms with Gasteiger partial charge in [0.25, 0.3) is 0 Å². The van der Waals surface area contributed by atoms with Crippen LogP contribution in [0.2, 0.25) is 0 Å². The SMILES string of the molecule is CC(C)(C)OC(=O)NC1CCCN(c2ncc(Br)cn2)C1. The molecule has 1 atom stereocenters. The van der Waals surface area contributed by atoms with Gasteiger partial charge in [0.05, 0.1) is 4.47 Å². The Hall–Kier alpha value is -1.37. The van der Waals surface area contributed by atoms with Gasteiger partial charge in [-0.2, -0.15) is 0 Å². The third-order valence-electron chi connectivity index (χ3n) is 3.03. The van der Waals surface area contributed by atoms with Crippen molar-refractivity contribution in [3.05, 3.63) is 16.9 Å². The van der Waals surface area contributed by atoms with E-state index in [2.05, 4.69) is 36.1 Å². The van der Waals surface area contributed by atoms with Gasteiger partial charge in [-0.25, -0.2) is 14.8 Å². The number of nitrogens with one attached hydrogen (secondary N) is 1. The summed E-state index contributed by atoms with van der Waals surface area (Å²) in [6.45, 7) is 7.16. The Kier molecular flexibility index (Phi) is 5.03. The predicted octanol–water partition coefficient (Wildman–Crippen LogP) is 2.73. The molecular weight excluding hydrogens is 336 g/mol. The first-order chi connectivity index (χ1) is 9.83. The summed E-state index contributed by atoms with van der Waals surface area (Å²) >= 11 is 3.32. The summed E-state index contributed by atoms with van der Waals surface area (Å²) in [6, 6.07) is 0.0563. The Labute approximate surface area is 133 Å². The van der Waals surface area contributed by atoms with E-state index in [-0.39, 0.29) is 12.1 Å². The number of anilines is 1. The van der Waals surface area contributed by atoms with Crippen molar-refractivity contribution < 1.29 is 9.53 Å². The molecule has 1 aliphatic rings. The number of hydrogen-bond acceptors (Lipinski definition) is 5. The van der Waals surface area contributed by atoms with E-state index < -0.39 is 5.60 Å². The van der Waals surface area contributed by atoms with Gasteiger partial charge in [0.2, 0.25) is 5.95 Å². The fourth-order valence-electron chi connectivity index (χ4n) is 2.22. The standard InChI is InChI=1S/C14H21BrN4O2/c1-14(2,3)21-13(20)18-11-5-4-6-19(9-11)12-16-7-10(15)8-17-12/h7-8,11H,4-6,9H2,1-3H3,(H,18,20). The van der Waals surface area contributed by atoms with Gasteiger partial charge < -0.3 is 15.0 Å². The summed E-state index contributed by atoms with van der Waals surface area (Å²) in [6.07, 6.45) is 5.01. The van der Waals surface area contributed by atoms with Crippen LogP contribution in [0.3, 0.4) is 0 Å². The lowest BCUT2D eigenvalue weighted by molar-refractivity contribution is 0.0500. The highest BCUT2D eigenvalue weighted by molar-refractivity contribution is 9.10. The molecule has 1 aromatic rings. The number of piperidine rings is 1. The van der Waals surface area contributed by atoms with Gasteiger partial charge in [0.1, 0.15) is 5.60 Å². The molecule has 2 heterocycles. The van der Waals surface area contributed by atoms with Gasteiger partial charge in [-0.3, -0.25) is 0 Å². The van der Waals surface area contributed by atoms with Crippen LogP contribution in [0, 0.1) is 0 Å². The van der Waals surface area contributed by atoms with E-state index >= 15 is 0 Å². The quantitative estimate of drug-likeness (QED) is 0.882. The Balaban J connectivity index is 1.91. The Morgan fingerprint density at radius 2 is 2.10 bits per heavy atom. The fourth-order valence-corrected chi connectivity index (χ4v) is 2.42.